The number of nitrogens with zero attached hydrogens (tertiary/aromatic N) is 1. The van der Waals surface area contributed by atoms with Gasteiger partial charge in [0.2, 0.25) is 0 Å². The first kappa shape index (κ1) is 17.6. The van der Waals surface area contributed by atoms with Gasteiger partial charge in [0.05, 0.1) is 0 Å². The van der Waals surface area contributed by atoms with Crippen LogP contribution in [0.1, 0.15) is 73.1 Å². The highest BCUT2D eigenvalue weighted by Gasteiger charge is 2.43. The standard InChI is InChI=1S/C18H34N2O2/c1-13(18(5)11-12-18)19-14-7-9-15(10-8-14)20(6)16(21)22-17(2,3)4/h13-15,19H,7-12H2,1-6H3. The van der Waals surface area contributed by atoms with Gasteiger partial charge in [-0.25, -0.2) is 4.79 Å². The van der Waals surface area contributed by atoms with Crippen molar-refractivity contribution in [3.05, 3.63) is 0 Å². The lowest BCUT2D eigenvalue weighted by Crippen LogP contribution is -2.47. The summed E-state index contributed by atoms with van der Waals surface area (Å²) < 4.78 is 5.47. The molecule has 0 heterocycles. The van der Waals surface area contributed by atoms with Gasteiger partial charge in [0.25, 0.3) is 0 Å². The average Bonchev–Trinajstić information content (AvgIpc) is 3.16. The van der Waals surface area contributed by atoms with E-state index in [9.17, 15) is 4.79 Å². The molecule has 128 valence electrons. The SMILES string of the molecule is CC(NC1CCC(N(C)C(=O)OC(C)(C)C)CC1)C1(C)CC1. The third-order valence-corrected chi connectivity index (χ3v) is 5.50. The van der Waals surface area contributed by atoms with Gasteiger partial charge in [-0.1, -0.05) is 6.92 Å². The number of carbonyl (C=O) groups is 1. The Bertz CT molecular complexity index is 390. The number of hydrogen-bond acceptors (Lipinski definition) is 3. The van der Waals surface area contributed by atoms with Gasteiger partial charge in [-0.15, -0.1) is 0 Å². The van der Waals surface area contributed by atoms with Crippen LogP contribution in [-0.4, -0.2) is 41.8 Å². The second-order valence-electron chi connectivity index (χ2n) is 8.64. The van der Waals surface area contributed by atoms with E-state index in [0.717, 1.165) is 25.7 Å². The first-order chi connectivity index (χ1) is 10.1. The molecule has 1 atom stereocenters. The quantitative estimate of drug-likeness (QED) is 0.855. The highest BCUT2D eigenvalue weighted by Crippen LogP contribution is 2.48. The largest absolute Gasteiger partial charge is 0.444 e. The zero-order valence-electron chi connectivity index (χ0n) is 15.2. The molecule has 2 rings (SSSR count). The summed E-state index contributed by atoms with van der Waals surface area (Å²) in [4.78, 5) is 13.9. The fourth-order valence-corrected chi connectivity index (χ4v) is 3.30. The van der Waals surface area contributed by atoms with Gasteiger partial charge in [-0.3, -0.25) is 0 Å². The van der Waals surface area contributed by atoms with E-state index in [2.05, 4.69) is 19.2 Å². The van der Waals surface area contributed by atoms with Gasteiger partial charge in [0.1, 0.15) is 5.60 Å². The molecule has 2 aliphatic rings. The molecule has 1 amide bonds. The molecule has 1 unspecified atom stereocenters. The van der Waals surface area contributed by atoms with Gasteiger partial charge in [-0.05, 0) is 71.6 Å². The van der Waals surface area contributed by atoms with Gasteiger partial charge in [-0.2, -0.15) is 0 Å². The van der Waals surface area contributed by atoms with E-state index in [1.807, 2.05) is 27.8 Å². The molecule has 4 heteroatoms. The Labute approximate surface area is 136 Å². The maximum absolute atomic E-state index is 12.1. The minimum atomic E-state index is -0.417. The van der Waals surface area contributed by atoms with Crippen molar-refractivity contribution in [2.75, 3.05) is 7.05 Å². The Morgan fingerprint density at radius 2 is 1.77 bits per heavy atom. The van der Waals surface area contributed by atoms with Gasteiger partial charge >= 0.3 is 6.09 Å². The molecule has 2 aliphatic carbocycles. The predicted molar refractivity (Wildman–Crippen MR) is 90.0 cm³/mol. The predicted octanol–water partition coefficient (Wildman–Crippen LogP) is 3.94. The Kier molecular flexibility index (Phi) is 5.10. The number of ether oxygens (including phenoxy) is 1. The van der Waals surface area contributed by atoms with Gasteiger partial charge in [0, 0.05) is 25.2 Å². The highest BCUT2D eigenvalue weighted by molar-refractivity contribution is 5.68. The lowest BCUT2D eigenvalue weighted by molar-refractivity contribution is 0.0177. The normalized spacial score (nSPS) is 28.8. The van der Waals surface area contributed by atoms with Crippen molar-refractivity contribution in [3.63, 3.8) is 0 Å². The van der Waals surface area contributed by atoms with Crippen LogP contribution in [0.25, 0.3) is 0 Å². The van der Waals surface area contributed by atoms with Crippen molar-refractivity contribution in [2.45, 2.75) is 96.9 Å². The average molecular weight is 310 g/mol. The van der Waals surface area contributed by atoms with Crippen LogP contribution in [0.15, 0.2) is 0 Å². The second-order valence-corrected chi connectivity index (χ2v) is 8.64. The van der Waals surface area contributed by atoms with Crippen LogP contribution < -0.4 is 5.32 Å². The molecular formula is C18H34N2O2. The Hall–Kier alpha value is -0.770. The molecule has 22 heavy (non-hydrogen) atoms. The fraction of sp³-hybridized carbons (Fsp3) is 0.944. The first-order valence-electron chi connectivity index (χ1n) is 8.82. The maximum atomic E-state index is 12.1. The molecule has 1 N–H and O–H groups in total. The van der Waals surface area contributed by atoms with Crippen LogP contribution in [0.3, 0.4) is 0 Å². The van der Waals surface area contributed by atoms with Crippen LogP contribution in [0.2, 0.25) is 0 Å². The third-order valence-electron chi connectivity index (χ3n) is 5.50. The van der Waals surface area contributed by atoms with Crippen molar-refractivity contribution >= 4 is 6.09 Å². The van der Waals surface area contributed by atoms with E-state index in [1.54, 1.807) is 4.90 Å². The molecule has 0 aliphatic heterocycles. The summed E-state index contributed by atoms with van der Waals surface area (Å²) in [5.74, 6) is 0. The lowest BCUT2D eigenvalue weighted by Gasteiger charge is -2.37. The summed E-state index contributed by atoms with van der Waals surface area (Å²) in [5, 5.41) is 3.81. The molecule has 0 saturated heterocycles. The Balaban J connectivity index is 1.75. The van der Waals surface area contributed by atoms with E-state index in [1.165, 1.54) is 12.8 Å². The highest BCUT2D eigenvalue weighted by atomic mass is 16.6. The monoisotopic (exact) mass is 310 g/mol. The number of nitrogens with one attached hydrogen (secondary N) is 1. The van der Waals surface area contributed by atoms with Crippen LogP contribution in [-0.2, 0) is 4.74 Å². The summed E-state index contributed by atoms with van der Waals surface area (Å²) >= 11 is 0. The van der Waals surface area contributed by atoms with Crippen LogP contribution >= 0.6 is 0 Å². The van der Waals surface area contributed by atoms with Crippen molar-refractivity contribution in [2.24, 2.45) is 5.41 Å². The van der Waals surface area contributed by atoms with E-state index in [4.69, 9.17) is 4.74 Å². The molecule has 0 aromatic carbocycles. The molecule has 0 spiro atoms. The maximum Gasteiger partial charge on any atom is 0.410 e. The number of hydrogen-bond donors (Lipinski definition) is 1. The second kappa shape index (κ2) is 6.38. The summed E-state index contributed by atoms with van der Waals surface area (Å²) in [6.45, 7) is 10.5. The summed E-state index contributed by atoms with van der Waals surface area (Å²) in [6.07, 6.45) is 6.96. The number of amides is 1. The molecular weight excluding hydrogens is 276 g/mol. The summed E-state index contributed by atoms with van der Waals surface area (Å²) in [5.41, 5.74) is 0.114. The Morgan fingerprint density at radius 3 is 2.23 bits per heavy atom. The molecule has 2 fully saturated rings. The molecule has 4 nitrogen and oxygen atoms in total. The molecule has 0 radical (unpaired) electrons. The van der Waals surface area contributed by atoms with Crippen molar-refractivity contribution in [1.29, 1.82) is 0 Å². The van der Waals surface area contributed by atoms with Crippen molar-refractivity contribution in [3.8, 4) is 0 Å². The molecule has 0 aromatic rings. The first-order valence-corrected chi connectivity index (χ1v) is 8.82. The molecule has 0 bridgehead atoms. The number of carbonyl (C=O) groups excluding carboxylic acids is 1. The van der Waals surface area contributed by atoms with E-state index in [0.29, 0.717) is 23.5 Å². The van der Waals surface area contributed by atoms with Crippen molar-refractivity contribution in [1.82, 2.24) is 10.2 Å². The van der Waals surface area contributed by atoms with E-state index < -0.39 is 5.60 Å². The lowest BCUT2D eigenvalue weighted by atomic mass is 9.89. The molecule has 2 saturated carbocycles. The van der Waals surface area contributed by atoms with E-state index in [-0.39, 0.29) is 6.09 Å². The minimum Gasteiger partial charge on any atom is -0.444 e. The summed E-state index contributed by atoms with van der Waals surface area (Å²) in [6, 6.07) is 1.54. The van der Waals surface area contributed by atoms with Crippen LogP contribution in [0.5, 0.6) is 0 Å². The van der Waals surface area contributed by atoms with Gasteiger partial charge in [0.15, 0.2) is 0 Å². The van der Waals surface area contributed by atoms with E-state index >= 15 is 0 Å². The summed E-state index contributed by atoms with van der Waals surface area (Å²) in [7, 11) is 1.88. The van der Waals surface area contributed by atoms with Gasteiger partial charge < -0.3 is 15.0 Å². The number of rotatable bonds is 4. The Morgan fingerprint density at radius 1 is 1.23 bits per heavy atom. The minimum absolute atomic E-state index is 0.192. The fourth-order valence-electron chi connectivity index (χ4n) is 3.30. The smallest absolute Gasteiger partial charge is 0.410 e. The van der Waals surface area contributed by atoms with Crippen molar-refractivity contribution < 1.29 is 9.53 Å². The zero-order valence-corrected chi connectivity index (χ0v) is 15.2. The topological polar surface area (TPSA) is 41.6 Å². The van der Waals surface area contributed by atoms with Crippen LogP contribution in [0.4, 0.5) is 4.79 Å². The zero-order chi connectivity index (χ0) is 16.5. The van der Waals surface area contributed by atoms with Crippen LogP contribution in [0, 0.1) is 5.41 Å². The molecule has 0 aromatic heterocycles. The third kappa shape index (κ3) is 4.61.